The first kappa shape index (κ1) is 15.3. The van der Waals surface area contributed by atoms with Crippen LogP contribution in [0.1, 0.15) is 27.2 Å². The van der Waals surface area contributed by atoms with Crippen LogP contribution in [0.5, 0.6) is 0 Å². The van der Waals surface area contributed by atoms with E-state index in [4.69, 9.17) is 15.2 Å². The maximum atomic E-state index is 11.5. The molecule has 0 aromatic rings. The number of carbonyl (C=O) groups is 1. The molecule has 0 aliphatic rings. The van der Waals surface area contributed by atoms with Gasteiger partial charge in [0.2, 0.25) is 5.91 Å². The van der Waals surface area contributed by atoms with Crippen molar-refractivity contribution in [3.05, 3.63) is 0 Å². The minimum absolute atomic E-state index is 0.0360. The third-order valence-corrected chi connectivity index (χ3v) is 1.88. The molecular formula is C11H24N2O3. The van der Waals surface area contributed by atoms with E-state index in [9.17, 15) is 4.79 Å². The van der Waals surface area contributed by atoms with E-state index in [0.717, 1.165) is 0 Å². The molecule has 1 atom stereocenters. The minimum Gasteiger partial charge on any atom is -0.383 e. The Balaban J connectivity index is 3.90. The lowest BCUT2D eigenvalue weighted by molar-refractivity contribution is -0.131. The second kappa shape index (κ2) is 7.60. The van der Waals surface area contributed by atoms with E-state index in [1.165, 1.54) is 0 Å². The lowest BCUT2D eigenvalue weighted by atomic mass is 10.2. The molecule has 0 aromatic heterocycles. The van der Waals surface area contributed by atoms with Crippen LogP contribution in [-0.2, 0) is 14.3 Å². The molecule has 1 amide bonds. The second-order valence-corrected chi connectivity index (χ2v) is 4.70. The summed E-state index contributed by atoms with van der Waals surface area (Å²) < 4.78 is 10.4. The van der Waals surface area contributed by atoms with Crippen LogP contribution in [0.2, 0.25) is 0 Å². The first-order valence-electron chi connectivity index (χ1n) is 5.51. The molecule has 0 spiro atoms. The van der Waals surface area contributed by atoms with E-state index >= 15 is 0 Å². The van der Waals surface area contributed by atoms with Crippen molar-refractivity contribution in [1.29, 1.82) is 0 Å². The Morgan fingerprint density at radius 1 is 1.44 bits per heavy atom. The molecule has 0 aliphatic heterocycles. The van der Waals surface area contributed by atoms with Crippen molar-refractivity contribution in [3.8, 4) is 0 Å². The predicted molar refractivity (Wildman–Crippen MR) is 63.2 cm³/mol. The number of nitrogens with two attached hydrogens (primary N) is 1. The van der Waals surface area contributed by atoms with Crippen LogP contribution in [-0.4, -0.2) is 44.4 Å². The van der Waals surface area contributed by atoms with E-state index in [1.54, 1.807) is 7.11 Å². The molecule has 16 heavy (non-hydrogen) atoms. The number of ether oxygens (including phenoxy) is 2. The molecule has 0 fully saturated rings. The van der Waals surface area contributed by atoms with E-state index in [-0.39, 0.29) is 24.2 Å². The van der Waals surface area contributed by atoms with Crippen molar-refractivity contribution in [3.63, 3.8) is 0 Å². The van der Waals surface area contributed by atoms with Gasteiger partial charge in [0.25, 0.3) is 0 Å². The van der Waals surface area contributed by atoms with Gasteiger partial charge in [0.05, 0.1) is 18.2 Å². The van der Waals surface area contributed by atoms with E-state index in [1.807, 2.05) is 20.8 Å². The van der Waals surface area contributed by atoms with E-state index in [2.05, 4.69) is 5.32 Å². The van der Waals surface area contributed by atoms with Gasteiger partial charge in [0.1, 0.15) is 6.61 Å². The Morgan fingerprint density at radius 3 is 2.50 bits per heavy atom. The summed E-state index contributed by atoms with van der Waals surface area (Å²) in [6, 6.07) is -0.0360. The average Bonchev–Trinajstić information content (AvgIpc) is 2.14. The van der Waals surface area contributed by atoms with Crippen LogP contribution in [0.15, 0.2) is 0 Å². The highest BCUT2D eigenvalue weighted by Gasteiger charge is 2.15. The molecule has 0 aliphatic carbocycles. The van der Waals surface area contributed by atoms with Crippen molar-refractivity contribution in [2.45, 2.75) is 38.8 Å². The van der Waals surface area contributed by atoms with Crippen LogP contribution in [0.4, 0.5) is 0 Å². The molecular weight excluding hydrogens is 208 g/mol. The second-order valence-electron chi connectivity index (χ2n) is 4.70. The largest absolute Gasteiger partial charge is 0.383 e. The van der Waals surface area contributed by atoms with Crippen molar-refractivity contribution in [1.82, 2.24) is 5.32 Å². The van der Waals surface area contributed by atoms with Crippen LogP contribution in [0, 0.1) is 0 Å². The van der Waals surface area contributed by atoms with Gasteiger partial charge < -0.3 is 20.5 Å². The van der Waals surface area contributed by atoms with Crippen molar-refractivity contribution >= 4 is 5.91 Å². The molecule has 5 heteroatoms. The maximum absolute atomic E-state index is 11.5. The monoisotopic (exact) mass is 232 g/mol. The predicted octanol–water partition coefficient (Wildman–Crippen LogP) is 0.282. The standard InChI is InChI=1S/C11H24N2O3/c1-11(2,3)16-8-10(14)13-9(5-6-12)7-15-4/h9H,5-8,12H2,1-4H3,(H,13,14). The zero-order valence-corrected chi connectivity index (χ0v) is 10.7. The first-order valence-corrected chi connectivity index (χ1v) is 5.51. The Kier molecular flexibility index (Phi) is 7.29. The maximum Gasteiger partial charge on any atom is 0.246 e. The molecule has 0 aromatic carbocycles. The summed E-state index contributed by atoms with van der Waals surface area (Å²) in [7, 11) is 1.60. The fraction of sp³-hybridized carbons (Fsp3) is 0.909. The smallest absolute Gasteiger partial charge is 0.246 e. The number of carbonyl (C=O) groups excluding carboxylic acids is 1. The zero-order valence-electron chi connectivity index (χ0n) is 10.7. The number of rotatable bonds is 7. The molecule has 0 saturated heterocycles. The lowest BCUT2D eigenvalue weighted by Crippen LogP contribution is -2.42. The van der Waals surface area contributed by atoms with Gasteiger partial charge in [0.15, 0.2) is 0 Å². The van der Waals surface area contributed by atoms with E-state index < -0.39 is 0 Å². The molecule has 0 radical (unpaired) electrons. The number of amides is 1. The number of hydrogen-bond acceptors (Lipinski definition) is 4. The lowest BCUT2D eigenvalue weighted by Gasteiger charge is -2.21. The van der Waals surface area contributed by atoms with Gasteiger partial charge in [-0.25, -0.2) is 0 Å². The molecule has 96 valence electrons. The number of hydrogen-bond donors (Lipinski definition) is 2. The molecule has 3 N–H and O–H groups in total. The molecule has 0 bridgehead atoms. The summed E-state index contributed by atoms with van der Waals surface area (Å²) in [5.74, 6) is -0.134. The normalized spacial score (nSPS) is 13.6. The topological polar surface area (TPSA) is 73.6 Å². The third kappa shape index (κ3) is 8.64. The van der Waals surface area contributed by atoms with Gasteiger partial charge in [-0.2, -0.15) is 0 Å². The summed E-state index contributed by atoms with van der Waals surface area (Å²) in [5.41, 5.74) is 5.14. The highest BCUT2D eigenvalue weighted by Crippen LogP contribution is 2.05. The minimum atomic E-state index is -0.304. The SMILES string of the molecule is COCC(CCN)NC(=O)COC(C)(C)C. The summed E-state index contributed by atoms with van der Waals surface area (Å²) in [6.07, 6.45) is 0.703. The molecule has 0 heterocycles. The van der Waals surface area contributed by atoms with Crippen LogP contribution in [0.25, 0.3) is 0 Å². The average molecular weight is 232 g/mol. The summed E-state index contributed by atoms with van der Waals surface area (Å²) in [5, 5.41) is 2.82. The highest BCUT2D eigenvalue weighted by atomic mass is 16.5. The summed E-state index contributed by atoms with van der Waals surface area (Å²) in [6.45, 7) is 6.79. The quantitative estimate of drug-likeness (QED) is 0.661. The molecule has 5 nitrogen and oxygen atoms in total. The van der Waals surface area contributed by atoms with Gasteiger partial charge in [-0.15, -0.1) is 0 Å². The Morgan fingerprint density at radius 2 is 2.06 bits per heavy atom. The Bertz CT molecular complexity index is 196. The van der Waals surface area contributed by atoms with Crippen molar-refractivity contribution in [2.75, 3.05) is 26.9 Å². The highest BCUT2D eigenvalue weighted by molar-refractivity contribution is 5.77. The van der Waals surface area contributed by atoms with Gasteiger partial charge >= 0.3 is 0 Å². The zero-order chi connectivity index (χ0) is 12.6. The van der Waals surface area contributed by atoms with Crippen molar-refractivity contribution < 1.29 is 14.3 Å². The van der Waals surface area contributed by atoms with Crippen LogP contribution < -0.4 is 11.1 Å². The first-order chi connectivity index (χ1) is 7.39. The third-order valence-electron chi connectivity index (χ3n) is 1.88. The molecule has 1 unspecified atom stereocenters. The van der Waals surface area contributed by atoms with Gasteiger partial charge in [-0.1, -0.05) is 0 Å². The Labute approximate surface area is 97.7 Å². The molecule has 0 rings (SSSR count). The van der Waals surface area contributed by atoms with Gasteiger partial charge in [-0.05, 0) is 33.7 Å². The van der Waals surface area contributed by atoms with Gasteiger partial charge in [-0.3, -0.25) is 4.79 Å². The number of nitrogens with one attached hydrogen (secondary N) is 1. The fourth-order valence-electron chi connectivity index (χ4n) is 1.15. The summed E-state index contributed by atoms with van der Waals surface area (Å²) >= 11 is 0. The van der Waals surface area contributed by atoms with Crippen LogP contribution in [0.3, 0.4) is 0 Å². The fourth-order valence-corrected chi connectivity index (χ4v) is 1.15. The van der Waals surface area contributed by atoms with Crippen molar-refractivity contribution in [2.24, 2.45) is 5.73 Å². The Hall–Kier alpha value is -0.650. The van der Waals surface area contributed by atoms with Crippen LogP contribution >= 0.6 is 0 Å². The summed E-state index contributed by atoms with van der Waals surface area (Å²) in [4.78, 5) is 11.5. The molecule has 0 saturated carbocycles. The number of methoxy groups -OCH3 is 1. The van der Waals surface area contributed by atoms with Gasteiger partial charge in [0, 0.05) is 7.11 Å². The van der Waals surface area contributed by atoms with E-state index in [0.29, 0.717) is 19.6 Å².